The number of hydrogen-bond acceptors (Lipinski definition) is 7. The number of piperazine rings is 1. The van der Waals surface area contributed by atoms with Gasteiger partial charge in [-0.1, -0.05) is 35.9 Å². The van der Waals surface area contributed by atoms with Gasteiger partial charge in [-0.3, -0.25) is 9.69 Å². The van der Waals surface area contributed by atoms with Crippen molar-refractivity contribution < 1.29 is 9.18 Å². The summed E-state index contributed by atoms with van der Waals surface area (Å²) in [5.41, 5.74) is 0.607. The topological polar surface area (TPSA) is 73.4 Å². The fourth-order valence-electron chi connectivity index (χ4n) is 3.49. The highest BCUT2D eigenvalue weighted by Crippen LogP contribution is 2.33. The number of rotatable bonds is 7. The Morgan fingerprint density at radius 2 is 2.00 bits per heavy atom. The standard InChI is InChI=1S/C22H24ClFN6OS/c1-2-29-8-10-30(11-9-29)7-3-4-19(31)28-20-13-16-21(25-14-26-22(16)32-20)27-15-5-6-18(24)17(23)12-15/h3-6,12-14H,2,7-11H2,1H3,(H,28,31)(H,25,26,27)/b4-3+. The van der Waals surface area contributed by atoms with Crippen molar-refractivity contribution in [3.63, 3.8) is 0 Å². The third-order valence-corrected chi connectivity index (χ3v) is 6.55. The number of aromatic nitrogens is 2. The van der Waals surface area contributed by atoms with Gasteiger partial charge in [-0.25, -0.2) is 14.4 Å². The molecule has 0 bridgehead atoms. The first-order valence-corrected chi connectivity index (χ1v) is 11.6. The van der Waals surface area contributed by atoms with Gasteiger partial charge in [0, 0.05) is 44.5 Å². The summed E-state index contributed by atoms with van der Waals surface area (Å²) in [6, 6.07) is 6.19. The van der Waals surface area contributed by atoms with Gasteiger partial charge in [0.15, 0.2) is 0 Å². The number of hydrogen-bond donors (Lipinski definition) is 2. The molecule has 3 aromatic rings. The lowest BCUT2D eigenvalue weighted by Crippen LogP contribution is -2.46. The van der Waals surface area contributed by atoms with Crippen molar-refractivity contribution in [1.82, 2.24) is 19.8 Å². The minimum Gasteiger partial charge on any atom is -0.340 e. The molecule has 2 aromatic heterocycles. The zero-order chi connectivity index (χ0) is 22.5. The maximum absolute atomic E-state index is 13.4. The van der Waals surface area contributed by atoms with Gasteiger partial charge in [0.1, 0.15) is 22.8 Å². The summed E-state index contributed by atoms with van der Waals surface area (Å²) in [6.45, 7) is 8.20. The fraction of sp³-hybridized carbons (Fsp3) is 0.318. The Labute approximate surface area is 194 Å². The number of likely N-dealkylation sites (N-methyl/N-ethyl adjacent to an activating group) is 1. The first-order chi connectivity index (χ1) is 15.5. The van der Waals surface area contributed by atoms with Gasteiger partial charge >= 0.3 is 0 Å². The molecule has 2 N–H and O–H groups in total. The summed E-state index contributed by atoms with van der Waals surface area (Å²) < 4.78 is 13.4. The fourth-order valence-corrected chi connectivity index (χ4v) is 4.57. The number of anilines is 3. The molecule has 0 radical (unpaired) electrons. The highest BCUT2D eigenvalue weighted by Gasteiger charge is 2.14. The van der Waals surface area contributed by atoms with E-state index in [0.717, 1.165) is 49.5 Å². The predicted octanol–water partition coefficient (Wildman–Crippen LogP) is 4.36. The molecule has 1 aromatic carbocycles. The molecule has 1 saturated heterocycles. The third kappa shape index (κ3) is 5.60. The van der Waals surface area contributed by atoms with Crippen LogP contribution in [-0.2, 0) is 4.79 Å². The van der Waals surface area contributed by atoms with Gasteiger partial charge in [-0.15, -0.1) is 0 Å². The molecule has 10 heteroatoms. The average molecular weight is 475 g/mol. The second-order valence-corrected chi connectivity index (χ2v) is 8.87. The van der Waals surface area contributed by atoms with Crippen LogP contribution in [0.15, 0.2) is 42.7 Å². The number of halogens is 2. The molecular weight excluding hydrogens is 451 g/mol. The number of thiophene rings is 1. The van der Waals surface area contributed by atoms with Gasteiger partial charge in [-0.2, -0.15) is 0 Å². The van der Waals surface area contributed by atoms with Crippen LogP contribution < -0.4 is 10.6 Å². The van der Waals surface area contributed by atoms with E-state index < -0.39 is 5.82 Å². The van der Waals surface area contributed by atoms with E-state index in [1.54, 1.807) is 12.1 Å². The quantitative estimate of drug-likeness (QED) is 0.496. The molecule has 168 valence electrons. The van der Waals surface area contributed by atoms with Gasteiger partial charge in [0.2, 0.25) is 5.91 Å². The average Bonchev–Trinajstić information content (AvgIpc) is 3.20. The number of nitrogens with one attached hydrogen (secondary N) is 2. The van der Waals surface area contributed by atoms with E-state index in [9.17, 15) is 9.18 Å². The molecule has 0 atom stereocenters. The first kappa shape index (κ1) is 22.6. The molecule has 3 heterocycles. The first-order valence-electron chi connectivity index (χ1n) is 10.4. The Kier molecular flexibility index (Phi) is 7.31. The zero-order valence-corrected chi connectivity index (χ0v) is 19.2. The van der Waals surface area contributed by atoms with E-state index >= 15 is 0 Å². The van der Waals surface area contributed by atoms with E-state index in [4.69, 9.17) is 11.6 Å². The smallest absolute Gasteiger partial charge is 0.248 e. The van der Waals surface area contributed by atoms with Crippen molar-refractivity contribution in [3.8, 4) is 0 Å². The predicted molar refractivity (Wildman–Crippen MR) is 128 cm³/mol. The zero-order valence-electron chi connectivity index (χ0n) is 17.6. The Balaban J connectivity index is 1.38. The Hall–Kier alpha value is -2.59. The van der Waals surface area contributed by atoms with Crippen LogP contribution in [0.2, 0.25) is 5.02 Å². The molecule has 7 nitrogen and oxygen atoms in total. The molecule has 1 fully saturated rings. The number of carbonyl (C=O) groups excluding carboxylic acids is 1. The van der Waals surface area contributed by atoms with Crippen LogP contribution in [0.3, 0.4) is 0 Å². The van der Waals surface area contributed by atoms with E-state index in [1.807, 2.05) is 12.1 Å². The van der Waals surface area contributed by atoms with E-state index in [0.29, 0.717) is 16.5 Å². The highest BCUT2D eigenvalue weighted by atomic mass is 35.5. The minimum absolute atomic E-state index is 0.0256. The molecule has 0 saturated carbocycles. The van der Waals surface area contributed by atoms with Crippen molar-refractivity contribution in [2.45, 2.75) is 6.92 Å². The molecule has 1 amide bonds. The Morgan fingerprint density at radius 1 is 1.22 bits per heavy atom. The lowest BCUT2D eigenvalue weighted by Gasteiger charge is -2.33. The number of amides is 1. The number of benzene rings is 1. The summed E-state index contributed by atoms with van der Waals surface area (Å²) in [7, 11) is 0. The van der Waals surface area contributed by atoms with Gasteiger partial charge in [0.25, 0.3) is 0 Å². The Morgan fingerprint density at radius 3 is 2.75 bits per heavy atom. The number of carbonyl (C=O) groups is 1. The molecule has 0 spiro atoms. The summed E-state index contributed by atoms with van der Waals surface area (Å²) in [4.78, 5) is 26.4. The molecular formula is C22H24ClFN6OS. The van der Waals surface area contributed by atoms with Crippen molar-refractivity contribution >= 4 is 55.6 Å². The van der Waals surface area contributed by atoms with Crippen LogP contribution in [0.25, 0.3) is 10.2 Å². The molecule has 0 aliphatic carbocycles. The van der Waals surface area contributed by atoms with Crippen LogP contribution in [-0.4, -0.2) is 64.9 Å². The van der Waals surface area contributed by atoms with Gasteiger partial charge < -0.3 is 15.5 Å². The van der Waals surface area contributed by atoms with Crippen molar-refractivity contribution in [2.24, 2.45) is 0 Å². The van der Waals surface area contributed by atoms with E-state index in [1.165, 1.54) is 29.8 Å². The third-order valence-electron chi connectivity index (χ3n) is 5.30. The summed E-state index contributed by atoms with van der Waals surface area (Å²) >= 11 is 7.22. The molecule has 1 aliphatic heterocycles. The van der Waals surface area contributed by atoms with E-state index in [-0.39, 0.29) is 10.9 Å². The molecule has 0 unspecified atom stereocenters. The normalized spacial score (nSPS) is 15.5. The monoisotopic (exact) mass is 474 g/mol. The maximum Gasteiger partial charge on any atom is 0.248 e. The van der Waals surface area contributed by atoms with Gasteiger partial charge in [0.05, 0.1) is 15.4 Å². The van der Waals surface area contributed by atoms with Crippen LogP contribution in [0.5, 0.6) is 0 Å². The van der Waals surface area contributed by atoms with Crippen molar-refractivity contribution in [1.29, 1.82) is 0 Å². The van der Waals surface area contributed by atoms with Crippen LogP contribution in [0.4, 0.5) is 20.9 Å². The van der Waals surface area contributed by atoms with Crippen molar-refractivity contribution in [3.05, 3.63) is 53.6 Å². The largest absolute Gasteiger partial charge is 0.340 e. The summed E-state index contributed by atoms with van der Waals surface area (Å²) in [5, 5.41) is 7.48. The highest BCUT2D eigenvalue weighted by molar-refractivity contribution is 7.22. The Bertz CT molecular complexity index is 1130. The molecule has 32 heavy (non-hydrogen) atoms. The number of fused-ring (bicyclic) bond motifs is 1. The number of nitrogens with zero attached hydrogens (tertiary/aromatic N) is 4. The van der Waals surface area contributed by atoms with Crippen LogP contribution >= 0.6 is 22.9 Å². The van der Waals surface area contributed by atoms with Gasteiger partial charge in [-0.05, 0) is 30.8 Å². The second kappa shape index (κ2) is 10.4. The van der Waals surface area contributed by atoms with E-state index in [2.05, 4.69) is 37.3 Å². The molecule has 4 rings (SSSR count). The van der Waals surface area contributed by atoms with Crippen molar-refractivity contribution in [2.75, 3.05) is 49.9 Å². The summed E-state index contributed by atoms with van der Waals surface area (Å²) in [5.74, 6) is -0.116. The minimum atomic E-state index is -0.484. The van der Waals surface area contributed by atoms with Crippen LogP contribution in [0.1, 0.15) is 6.92 Å². The molecule has 1 aliphatic rings. The summed E-state index contributed by atoms with van der Waals surface area (Å²) in [6.07, 6.45) is 4.91. The second-order valence-electron chi connectivity index (χ2n) is 7.43. The van der Waals surface area contributed by atoms with Crippen LogP contribution in [0, 0.1) is 5.82 Å². The maximum atomic E-state index is 13.4. The SMILES string of the molecule is CCN1CCN(C/C=C/C(=O)Nc2cc3c(Nc4ccc(F)c(Cl)c4)ncnc3s2)CC1. The lowest BCUT2D eigenvalue weighted by molar-refractivity contribution is -0.111. The lowest BCUT2D eigenvalue weighted by atomic mass is 10.3.